The quantitative estimate of drug-likeness (QED) is 0.668. The molecule has 2 unspecified atom stereocenters. The van der Waals surface area contributed by atoms with Crippen molar-refractivity contribution in [2.45, 2.75) is 33.3 Å². The van der Waals surface area contributed by atoms with Gasteiger partial charge in [0.25, 0.3) is 0 Å². The molecule has 0 aliphatic carbocycles. The van der Waals surface area contributed by atoms with E-state index in [9.17, 15) is 4.91 Å². The van der Waals surface area contributed by atoms with Crippen LogP contribution in [0.15, 0.2) is 29.6 Å². The van der Waals surface area contributed by atoms with E-state index in [-0.39, 0.29) is 6.10 Å². The van der Waals surface area contributed by atoms with Gasteiger partial charge in [0, 0.05) is 19.4 Å². The molecule has 0 aromatic carbocycles. The first-order valence-corrected chi connectivity index (χ1v) is 5.92. The molecule has 1 rings (SSSR count). The van der Waals surface area contributed by atoms with E-state index in [0.717, 1.165) is 12.2 Å². The van der Waals surface area contributed by atoms with Crippen LogP contribution in [0.5, 0.6) is 0 Å². The Labute approximate surface area is 103 Å². The van der Waals surface area contributed by atoms with Gasteiger partial charge in [-0.25, -0.2) is 0 Å². The van der Waals surface area contributed by atoms with Crippen molar-refractivity contribution < 1.29 is 4.74 Å². The molecule has 17 heavy (non-hydrogen) atoms. The molecule has 1 aliphatic rings. The normalized spacial score (nSPS) is 21.1. The monoisotopic (exact) mass is 239 g/mol. The van der Waals surface area contributed by atoms with Gasteiger partial charge in [-0.05, 0) is 18.0 Å². The van der Waals surface area contributed by atoms with Crippen LogP contribution < -0.4 is 0 Å². The van der Waals surface area contributed by atoms with Crippen LogP contribution in [0.3, 0.4) is 0 Å². The summed E-state index contributed by atoms with van der Waals surface area (Å²) in [6.07, 6.45) is 6.33. The maximum atomic E-state index is 10.3. The molecule has 0 saturated heterocycles. The Bertz CT molecular complexity index is 315. The summed E-state index contributed by atoms with van der Waals surface area (Å²) in [6.45, 7) is 6.82. The van der Waals surface area contributed by atoms with E-state index in [1.54, 1.807) is 0 Å². The number of rotatable bonds is 6. The van der Waals surface area contributed by atoms with Crippen LogP contribution in [-0.2, 0) is 4.74 Å². The average Bonchev–Trinajstić information content (AvgIpc) is 2.67. The van der Waals surface area contributed by atoms with Crippen LogP contribution in [0, 0.1) is 10.8 Å². The third-order valence-electron chi connectivity index (χ3n) is 3.22. The fourth-order valence-corrected chi connectivity index (χ4v) is 1.55. The molecule has 0 aromatic rings. The van der Waals surface area contributed by atoms with Crippen LogP contribution in [-0.4, -0.2) is 29.7 Å². The Kier molecular flexibility index (Phi) is 5.15. The van der Waals surface area contributed by atoms with Gasteiger partial charge in [0.1, 0.15) is 18.8 Å². The van der Waals surface area contributed by atoms with Crippen molar-refractivity contribution in [2.75, 3.05) is 13.8 Å². The van der Waals surface area contributed by atoms with E-state index in [4.69, 9.17) is 4.74 Å². The fourth-order valence-electron chi connectivity index (χ4n) is 1.55. The predicted molar refractivity (Wildman–Crippen MR) is 67.5 cm³/mol. The highest BCUT2D eigenvalue weighted by Gasteiger charge is 2.18. The molecule has 1 heterocycles. The van der Waals surface area contributed by atoms with Crippen LogP contribution in [0.4, 0.5) is 0 Å². The van der Waals surface area contributed by atoms with Crippen LogP contribution in [0.25, 0.3) is 0 Å². The summed E-state index contributed by atoms with van der Waals surface area (Å²) < 4.78 is 5.77. The Morgan fingerprint density at radius 1 is 1.47 bits per heavy atom. The molecule has 0 aromatic heterocycles. The zero-order valence-electron chi connectivity index (χ0n) is 11.0. The Morgan fingerprint density at radius 3 is 2.76 bits per heavy atom. The van der Waals surface area contributed by atoms with Crippen molar-refractivity contribution >= 4 is 0 Å². The topological polar surface area (TPSA) is 45.1 Å². The second kappa shape index (κ2) is 6.39. The van der Waals surface area contributed by atoms with Gasteiger partial charge in [-0.2, -0.15) is 0 Å². The predicted octanol–water partition coefficient (Wildman–Crippen LogP) is 2.68. The van der Waals surface area contributed by atoms with E-state index in [0.29, 0.717) is 12.6 Å². The Morgan fingerprint density at radius 2 is 2.18 bits per heavy atom. The lowest BCUT2D eigenvalue weighted by Crippen LogP contribution is -2.27. The molecule has 0 radical (unpaired) electrons. The van der Waals surface area contributed by atoms with Crippen LogP contribution >= 0.6 is 0 Å². The molecule has 0 N–H and O–H groups in total. The molecular formula is C12H21N3O2. The first-order chi connectivity index (χ1) is 8.10. The largest absolute Gasteiger partial charge is 0.358 e. The summed E-state index contributed by atoms with van der Waals surface area (Å²) in [7, 11) is 1.87. The van der Waals surface area contributed by atoms with Gasteiger partial charge in [-0.1, -0.05) is 20.3 Å². The highest BCUT2D eigenvalue weighted by molar-refractivity contribution is 5.12. The molecule has 0 amide bonds. The van der Waals surface area contributed by atoms with Gasteiger partial charge >= 0.3 is 0 Å². The third kappa shape index (κ3) is 3.56. The molecule has 0 fully saturated rings. The number of ether oxygens (including phenoxy) is 1. The van der Waals surface area contributed by atoms with Gasteiger partial charge in [-0.3, -0.25) is 0 Å². The minimum Gasteiger partial charge on any atom is -0.358 e. The summed E-state index contributed by atoms with van der Waals surface area (Å²) in [5.41, 5.74) is 0. The molecule has 2 atom stereocenters. The van der Waals surface area contributed by atoms with Crippen molar-refractivity contribution in [1.82, 2.24) is 9.80 Å². The number of hydrogen-bond acceptors (Lipinski definition) is 5. The molecule has 96 valence electrons. The van der Waals surface area contributed by atoms with Crippen LogP contribution in [0.2, 0.25) is 0 Å². The molecule has 0 saturated carbocycles. The van der Waals surface area contributed by atoms with Crippen LogP contribution in [0.1, 0.15) is 27.2 Å². The van der Waals surface area contributed by atoms with E-state index in [1.807, 2.05) is 29.2 Å². The lowest BCUT2D eigenvalue weighted by molar-refractivity contribution is -0.0140. The highest BCUT2D eigenvalue weighted by atomic mass is 16.5. The zero-order valence-corrected chi connectivity index (χ0v) is 11.0. The van der Waals surface area contributed by atoms with Crippen molar-refractivity contribution in [3.63, 3.8) is 0 Å². The van der Waals surface area contributed by atoms with E-state index in [1.165, 1.54) is 6.20 Å². The van der Waals surface area contributed by atoms with E-state index < -0.39 is 0 Å². The highest BCUT2D eigenvalue weighted by Crippen LogP contribution is 2.19. The Hall–Kier alpha value is -1.36. The molecule has 0 bridgehead atoms. The zero-order chi connectivity index (χ0) is 12.8. The van der Waals surface area contributed by atoms with E-state index >= 15 is 0 Å². The summed E-state index contributed by atoms with van der Waals surface area (Å²) >= 11 is 0. The van der Waals surface area contributed by atoms with Gasteiger partial charge in [0.15, 0.2) is 0 Å². The summed E-state index contributed by atoms with van der Waals surface area (Å²) in [6, 6.07) is 0. The first kappa shape index (κ1) is 13.7. The fraction of sp³-hybridized carbons (Fsp3) is 0.667. The van der Waals surface area contributed by atoms with Gasteiger partial charge in [-0.15, -0.1) is 4.91 Å². The summed E-state index contributed by atoms with van der Waals surface area (Å²) in [5.74, 6) is 1.26. The number of nitrogens with zero attached hydrogens (tertiary/aromatic N) is 3. The second-order valence-electron chi connectivity index (χ2n) is 4.36. The maximum Gasteiger partial charge on any atom is 0.136 e. The summed E-state index contributed by atoms with van der Waals surface area (Å²) in [5, 5.41) is 2.81. The molecule has 5 nitrogen and oxygen atoms in total. The minimum atomic E-state index is 0.199. The van der Waals surface area contributed by atoms with Gasteiger partial charge in [0.05, 0.1) is 6.10 Å². The standard InChI is InChI=1S/C12H21N3O2/c1-5-10(2)11(3)17-9-15-7-6-14(4)12(15)8-13-16/h6-8,10-11H,5,9H2,1-4H3/b12-8-. The van der Waals surface area contributed by atoms with Crippen molar-refractivity contribution in [1.29, 1.82) is 0 Å². The lowest BCUT2D eigenvalue weighted by atomic mass is 10.0. The Balaban J connectivity index is 2.49. The molecule has 5 heteroatoms. The van der Waals surface area contributed by atoms with Crippen molar-refractivity contribution in [3.05, 3.63) is 29.3 Å². The second-order valence-corrected chi connectivity index (χ2v) is 4.36. The minimum absolute atomic E-state index is 0.199. The van der Waals surface area contributed by atoms with Gasteiger partial charge in [0.2, 0.25) is 0 Å². The molecule has 0 spiro atoms. The van der Waals surface area contributed by atoms with Gasteiger partial charge < -0.3 is 14.5 Å². The number of hydrogen-bond donors (Lipinski definition) is 0. The third-order valence-corrected chi connectivity index (χ3v) is 3.22. The van der Waals surface area contributed by atoms with E-state index in [2.05, 4.69) is 25.9 Å². The SMILES string of the molecule is CCC(C)C(C)OCN1C=CN(C)/C1=C/N=O. The average molecular weight is 239 g/mol. The summed E-state index contributed by atoms with van der Waals surface area (Å²) in [4.78, 5) is 14.0. The first-order valence-electron chi connectivity index (χ1n) is 5.92. The maximum absolute atomic E-state index is 10.3. The van der Waals surface area contributed by atoms with Crippen molar-refractivity contribution in [3.8, 4) is 0 Å². The molecular weight excluding hydrogens is 218 g/mol. The number of nitroso groups, excluding NO2 is 1. The lowest BCUT2D eigenvalue weighted by Gasteiger charge is -2.25. The smallest absolute Gasteiger partial charge is 0.136 e. The van der Waals surface area contributed by atoms with Crippen molar-refractivity contribution in [2.24, 2.45) is 11.1 Å². The molecule has 1 aliphatic heterocycles.